The molecule has 0 saturated heterocycles. The first-order valence-corrected chi connectivity index (χ1v) is 13.2. The zero-order valence-corrected chi connectivity index (χ0v) is 22.0. The summed E-state index contributed by atoms with van der Waals surface area (Å²) < 4.78 is 10.0. The summed E-state index contributed by atoms with van der Waals surface area (Å²) in [6.07, 6.45) is 7.24. The summed E-state index contributed by atoms with van der Waals surface area (Å²) in [6, 6.07) is 4.60. The molecular weight excluding hydrogens is 430 g/mol. The van der Waals surface area contributed by atoms with Gasteiger partial charge < -0.3 is 15.4 Å². The summed E-state index contributed by atoms with van der Waals surface area (Å²) in [5.41, 5.74) is 12.8. The van der Waals surface area contributed by atoms with Crippen LogP contribution in [0.15, 0.2) is 27.7 Å². The Morgan fingerprint density at radius 2 is 2.00 bits per heavy atom. The number of nitrogens with zero attached hydrogens (tertiary/aromatic N) is 3. The average molecular weight is 472 g/mol. The topological polar surface area (TPSA) is 75.2 Å². The lowest BCUT2D eigenvalue weighted by atomic mass is 9.69. The molecule has 0 amide bonds. The lowest BCUT2D eigenvalue weighted by Crippen LogP contribution is -2.34. The zero-order chi connectivity index (χ0) is 24.2. The van der Waals surface area contributed by atoms with E-state index in [1.54, 1.807) is 11.9 Å². The second-order valence-corrected chi connectivity index (χ2v) is 10.6. The van der Waals surface area contributed by atoms with Crippen LogP contribution in [0, 0.1) is 5.41 Å². The monoisotopic (exact) mass is 471 g/mol. The molecule has 2 aliphatic carbocycles. The molecule has 0 atom stereocenters. The third-order valence-electron chi connectivity index (χ3n) is 6.98. The number of ether oxygens (including phenoxy) is 1. The maximum atomic E-state index is 6.65. The maximum absolute atomic E-state index is 6.65. The van der Waals surface area contributed by atoms with Crippen LogP contribution in [0.3, 0.4) is 0 Å². The Kier molecular flexibility index (Phi) is 8.65. The molecular formula is C26H41N5OS. The number of anilines is 1. The average Bonchev–Trinajstić information content (AvgIpc) is 2.78. The highest BCUT2D eigenvalue weighted by molar-refractivity contribution is 7.96. The molecule has 0 unspecified atom stereocenters. The molecule has 0 heterocycles. The van der Waals surface area contributed by atoms with Crippen LogP contribution in [-0.2, 0) is 6.42 Å². The van der Waals surface area contributed by atoms with Crippen molar-refractivity contribution in [1.29, 1.82) is 0 Å². The molecule has 1 aromatic rings. The zero-order valence-electron chi connectivity index (χ0n) is 21.2. The van der Waals surface area contributed by atoms with Gasteiger partial charge in [-0.25, -0.2) is 0 Å². The van der Waals surface area contributed by atoms with Gasteiger partial charge in [0, 0.05) is 50.1 Å². The van der Waals surface area contributed by atoms with Crippen molar-refractivity contribution in [1.82, 2.24) is 4.72 Å². The first-order chi connectivity index (χ1) is 15.7. The molecule has 0 aliphatic heterocycles. The second-order valence-electron chi connectivity index (χ2n) is 9.86. The number of nitrogens with one attached hydrogen (secondary N) is 1. The normalized spacial score (nSPS) is 22.7. The third-order valence-corrected chi connectivity index (χ3v) is 7.47. The van der Waals surface area contributed by atoms with Gasteiger partial charge in [-0.2, -0.15) is 0 Å². The highest BCUT2D eigenvalue weighted by Gasteiger charge is 2.37. The van der Waals surface area contributed by atoms with Crippen LogP contribution in [-0.4, -0.2) is 58.0 Å². The van der Waals surface area contributed by atoms with Crippen molar-refractivity contribution in [2.75, 3.05) is 38.3 Å². The largest absolute Gasteiger partial charge is 0.488 e. The predicted molar refractivity (Wildman–Crippen MR) is 145 cm³/mol. The van der Waals surface area contributed by atoms with E-state index < -0.39 is 0 Å². The van der Waals surface area contributed by atoms with Crippen LogP contribution >= 0.6 is 11.9 Å². The molecule has 1 fully saturated rings. The van der Waals surface area contributed by atoms with Crippen molar-refractivity contribution in [3.63, 3.8) is 0 Å². The fraction of sp³-hybridized carbons (Fsp3) is 0.615. The molecule has 0 spiro atoms. The predicted octanol–water partition coefficient (Wildman–Crippen LogP) is 4.72. The summed E-state index contributed by atoms with van der Waals surface area (Å²) in [4.78, 5) is 11.4. The molecule has 33 heavy (non-hydrogen) atoms. The fourth-order valence-electron chi connectivity index (χ4n) is 5.27. The summed E-state index contributed by atoms with van der Waals surface area (Å²) in [5.74, 6) is 0.962. The molecule has 6 nitrogen and oxygen atoms in total. The van der Waals surface area contributed by atoms with Crippen molar-refractivity contribution in [3.05, 3.63) is 28.8 Å². The first kappa shape index (κ1) is 25.8. The third kappa shape index (κ3) is 5.64. The van der Waals surface area contributed by atoms with Gasteiger partial charge in [0.1, 0.15) is 5.75 Å². The minimum absolute atomic E-state index is 0.115. The Morgan fingerprint density at radius 3 is 2.61 bits per heavy atom. The summed E-state index contributed by atoms with van der Waals surface area (Å²) in [5, 5.41) is 0. The maximum Gasteiger partial charge on any atom is 0.143 e. The minimum Gasteiger partial charge on any atom is -0.488 e. The first-order valence-electron chi connectivity index (χ1n) is 11.9. The number of fused-ring (bicyclic) bond motifs is 1. The fourth-order valence-corrected chi connectivity index (χ4v) is 5.56. The van der Waals surface area contributed by atoms with Crippen molar-refractivity contribution in [2.24, 2.45) is 21.1 Å². The van der Waals surface area contributed by atoms with E-state index in [1.165, 1.54) is 16.8 Å². The molecule has 7 heteroatoms. The van der Waals surface area contributed by atoms with Gasteiger partial charge in [0.2, 0.25) is 0 Å². The van der Waals surface area contributed by atoms with E-state index in [0.29, 0.717) is 6.04 Å². The van der Waals surface area contributed by atoms with Crippen molar-refractivity contribution in [3.8, 4) is 5.75 Å². The van der Waals surface area contributed by atoms with Crippen LogP contribution in [0.5, 0.6) is 5.75 Å². The lowest BCUT2D eigenvalue weighted by molar-refractivity contribution is 0.147. The molecule has 3 rings (SSSR count). The minimum atomic E-state index is -0.115. The van der Waals surface area contributed by atoms with Gasteiger partial charge in [0.15, 0.2) is 0 Å². The SMILES string of the molecule is C=NC1=C(C(C)=NC)C(C)(C)Cc2c1ccc(OC1CCC(N)CC1)c2N(C)CCNSC. The highest BCUT2D eigenvalue weighted by atomic mass is 32.2. The van der Waals surface area contributed by atoms with Gasteiger partial charge >= 0.3 is 0 Å². The van der Waals surface area contributed by atoms with Crippen molar-refractivity contribution >= 4 is 35.8 Å². The molecule has 0 radical (unpaired) electrons. The van der Waals surface area contributed by atoms with Gasteiger partial charge in [-0.3, -0.25) is 14.7 Å². The van der Waals surface area contributed by atoms with Crippen LogP contribution in [0.2, 0.25) is 0 Å². The quantitative estimate of drug-likeness (QED) is 0.310. The van der Waals surface area contributed by atoms with E-state index >= 15 is 0 Å². The van der Waals surface area contributed by atoms with E-state index in [-0.39, 0.29) is 11.5 Å². The molecule has 3 N–H and O–H groups in total. The van der Waals surface area contributed by atoms with Crippen LogP contribution < -0.4 is 20.1 Å². The molecule has 0 aromatic heterocycles. The van der Waals surface area contributed by atoms with Gasteiger partial charge in [0.25, 0.3) is 0 Å². The van der Waals surface area contributed by atoms with Crippen LogP contribution in [0.4, 0.5) is 5.69 Å². The number of nitrogens with two attached hydrogens (primary N) is 1. The number of allylic oxidation sites excluding steroid dienone is 1. The van der Waals surface area contributed by atoms with E-state index in [2.05, 4.69) is 72.5 Å². The van der Waals surface area contributed by atoms with Gasteiger partial charge in [-0.1, -0.05) is 25.8 Å². The number of aliphatic imine (C=N–C) groups is 2. The van der Waals surface area contributed by atoms with E-state index in [9.17, 15) is 0 Å². The summed E-state index contributed by atoms with van der Waals surface area (Å²) in [6.45, 7) is 12.3. The van der Waals surface area contributed by atoms with Gasteiger partial charge in [0.05, 0.1) is 17.5 Å². The van der Waals surface area contributed by atoms with Crippen molar-refractivity contribution in [2.45, 2.75) is 65.0 Å². The Morgan fingerprint density at radius 1 is 1.30 bits per heavy atom. The number of rotatable bonds is 9. The Bertz CT molecular complexity index is 916. The van der Waals surface area contributed by atoms with Gasteiger partial charge in [-0.05, 0) is 75.1 Å². The van der Waals surface area contributed by atoms with Crippen LogP contribution in [0.1, 0.15) is 57.6 Å². The number of hydrogen-bond acceptors (Lipinski definition) is 7. The summed E-state index contributed by atoms with van der Waals surface area (Å²) >= 11 is 1.65. The molecule has 2 aliphatic rings. The summed E-state index contributed by atoms with van der Waals surface area (Å²) in [7, 11) is 4.01. The molecule has 1 saturated carbocycles. The number of hydrogen-bond donors (Lipinski definition) is 2. The molecule has 182 valence electrons. The molecule has 1 aromatic carbocycles. The van der Waals surface area contributed by atoms with Crippen molar-refractivity contribution < 1.29 is 4.74 Å². The highest BCUT2D eigenvalue weighted by Crippen LogP contribution is 2.49. The van der Waals surface area contributed by atoms with E-state index in [0.717, 1.165) is 67.9 Å². The lowest BCUT2D eigenvalue weighted by Gasteiger charge is -2.38. The van der Waals surface area contributed by atoms with E-state index in [1.807, 2.05) is 7.05 Å². The molecule has 0 bridgehead atoms. The standard InChI is InChI=1S/C26H41N5OS/c1-17(28-4)23-24(29-5)20-12-13-22(32-19-10-8-18(27)9-11-19)25(21(20)16-26(23,2)3)31(6)15-14-30-33-7/h12-13,18-19,30H,5,8-11,14-16,27H2,1-4,6-7H3. The second kappa shape index (κ2) is 11.1. The van der Waals surface area contributed by atoms with Crippen LogP contribution in [0.25, 0.3) is 5.70 Å². The Balaban J connectivity index is 2.11. The Hall–Kier alpha value is -1.83. The Labute approximate surface area is 204 Å². The van der Waals surface area contributed by atoms with E-state index in [4.69, 9.17) is 10.5 Å². The smallest absolute Gasteiger partial charge is 0.143 e. The van der Waals surface area contributed by atoms with Gasteiger partial charge in [-0.15, -0.1) is 0 Å². The number of benzene rings is 1. The number of likely N-dealkylation sites (N-methyl/N-ethyl adjacent to an activating group) is 1.